The third kappa shape index (κ3) is 2.77. The normalized spacial score (nSPS) is 13.5. The molecule has 0 aliphatic carbocycles. The SMILES string of the molecule is CCSc1nc2c(c(=O)n1-c1cc(C)cc(C)c1)SCC2. The van der Waals surface area contributed by atoms with Crippen molar-refractivity contribution >= 4 is 23.5 Å². The van der Waals surface area contributed by atoms with Crippen molar-refractivity contribution in [2.45, 2.75) is 37.2 Å². The van der Waals surface area contributed by atoms with Gasteiger partial charge in [0.1, 0.15) is 0 Å². The van der Waals surface area contributed by atoms with Gasteiger partial charge in [-0.15, -0.1) is 11.8 Å². The first-order valence-corrected chi connectivity index (χ1v) is 9.07. The van der Waals surface area contributed by atoms with Crippen LogP contribution >= 0.6 is 23.5 Å². The number of hydrogen-bond acceptors (Lipinski definition) is 4. The Morgan fingerprint density at radius 3 is 2.67 bits per heavy atom. The van der Waals surface area contributed by atoms with Crippen molar-refractivity contribution in [2.24, 2.45) is 0 Å². The van der Waals surface area contributed by atoms with Crippen molar-refractivity contribution < 1.29 is 0 Å². The van der Waals surface area contributed by atoms with Crippen molar-refractivity contribution in [1.29, 1.82) is 0 Å². The number of nitrogens with zero attached hydrogens (tertiary/aromatic N) is 2. The lowest BCUT2D eigenvalue weighted by Crippen LogP contribution is -2.24. The highest BCUT2D eigenvalue weighted by Gasteiger charge is 2.22. The summed E-state index contributed by atoms with van der Waals surface area (Å²) < 4.78 is 1.78. The molecular weight excluding hydrogens is 300 g/mol. The van der Waals surface area contributed by atoms with Crippen molar-refractivity contribution in [2.75, 3.05) is 11.5 Å². The summed E-state index contributed by atoms with van der Waals surface area (Å²) >= 11 is 3.26. The molecule has 0 amide bonds. The van der Waals surface area contributed by atoms with Gasteiger partial charge in [0.25, 0.3) is 5.56 Å². The van der Waals surface area contributed by atoms with E-state index in [0.29, 0.717) is 0 Å². The van der Waals surface area contributed by atoms with Crippen molar-refractivity contribution in [3.8, 4) is 5.69 Å². The molecule has 21 heavy (non-hydrogen) atoms. The summed E-state index contributed by atoms with van der Waals surface area (Å²) in [6, 6.07) is 6.24. The molecular formula is C16H18N2OS2. The number of aromatic nitrogens is 2. The van der Waals surface area contributed by atoms with E-state index in [1.807, 2.05) is 0 Å². The highest BCUT2D eigenvalue weighted by molar-refractivity contribution is 7.99. The maximum atomic E-state index is 12.9. The fourth-order valence-electron chi connectivity index (χ4n) is 2.63. The average Bonchev–Trinajstić information content (AvgIpc) is 2.86. The molecule has 0 radical (unpaired) electrons. The van der Waals surface area contributed by atoms with Gasteiger partial charge in [-0.3, -0.25) is 9.36 Å². The molecule has 0 atom stereocenters. The molecule has 3 nitrogen and oxygen atoms in total. The van der Waals surface area contributed by atoms with Crippen LogP contribution in [0.1, 0.15) is 23.7 Å². The molecule has 2 aromatic rings. The average molecular weight is 318 g/mol. The Kier molecular flexibility index (Phi) is 4.13. The highest BCUT2D eigenvalue weighted by Crippen LogP contribution is 2.30. The summed E-state index contributed by atoms with van der Waals surface area (Å²) in [5.41, 5.74) is 4.32. The number of aryl methyl sites for hydroxylation is 3. The Morgan fingerprint density at radius 1 is 1.29 bits per heavy atom. The van der Waals surface area contributed by atoms with E-state index >= 15 is 0 Å². The van der Waals surface area contributed by atoms with Gasteiger partial charge in [-0.1, -0.05) is 24.8 Å². The molecule has 0 saturated heterocycles. The standard InChI is InChI=1S/C16H18N2OS2/c1-4-20-16-17-13-5-6-21-14(13)15(19)18(16)12-8-10(2)7-11(3)9-12/h7-9H,4-6H2,1-3H3. The number of fused-ring (bicyclic) bond motifs is 1. The third-order valence-corrected chi connectivity index (χ3v) is 5.33. The lowest BCUT2D eigenvalue weighted by atomic mass is 10.1. The van der Waals surface area contributed by atoms with Crippen LogP contribution in [-0.2, 0) is 6.42 Å². The van der Waals surface area contributed by atoms with Gasteiger partial charge in [-0.2, -0.15) is 0 Å². The molecule has 0 bridgehead atoms. The first-order chi connectivity index (χ1) is 10.1. The van der Waals surface area contributed by atoms with Crippen LogP contribution in [0.15, 0.2) is 33.0 Å². The van der Waals surface area contributed by atoms with Gasteiger partial charge in [0.2, 0.25) is 0 Å². The molecule has 1 aliphatic rings. The lowest BCUT2D eigenvalue weighted by molar-refractivity contribution is 0.739. The van der Waals surface area contributed by atoms with Gasteiger partial charge < -0.3 is 0 Å². The molecule has 1 aliphatic heterocycles. The molecule has 0 saturated carbocycles. The first kappa shape index (κ1) is 14.7. The van der Waals surface area contributed by atoms with Gasteiger partial charge in [-0.25, -0.2) is 4.98 Å². The molecule has 1 aromatic carbocycles. The van der Waals surface area contributed by atoms with E-state index in [1.54, 1.807) is 28.1 Å². The summed E-state index contributed by atoms with van der Waals surface area (Å²) in [4.78, 5) is 18.4. The Hall–Kier alpha value is -1.20. The Balaban J connectivity index is 2.27. The van der Waals surface area contributed by atoms with Gasteiger partial charge in [0.15, 0.2) is 5.16 Å². The summed E-state index contributed by atoms with van der Waals surface area (Å²) in [6.45, 7) is 6.21. The van der Waals surface area contributed by atoms with Crippen LogP contribution in [0.4, 0.5) is 0 Å². The number of thioether (sulfide) groups is 2. The largest absolute Gasteiger partial charge is 0.272 e. The zero-order valence-electron chi connectivity index (χ0n) is 12.5. The van der Waals surface area contributed by atoms with E-state index in [-0.39, 0.29) is 5.56 Å². The number of hydrogen-bond donors (Lipinski definition) is 0. The second-order valence-electron chi connectivity index (χ2n) is 5.19. The van der Waals surface area contributed by atoms with E-state index in [2.05, 4.69) is 39.0 Å². The van der Waals surface area contributed by atoms with E-state index in [4.69, 9.17) is 4.98 Å². The van der Waals surface area contributed by atoms with Crippen molar-refractivity contribution in [3.63, 3.8) is 0 Å². The van der Waals surface area contributed by atoms with Gasteiger partial charge in [0.05, 0.1) is 16.3 Å². The molecule has 0 fully saturated rings. The Bertz CT molecular complexity index is 732. The van der Waals surface area contributed by atoms with Crippen LogP contribution in [0, 0.1) is 13.8 Å². The molecule has 0 N–H and O–H groups in total. The predicted octanol–water partition coefficient (Wildman–Crippen LogP) is 3.61. The summed E-state index contributed by atoms with van der Waals surface area (Å²) in [5.74, 6) is 1.87. The Morgan fingerprint density at radius 2 is 2.00 bits per heavy atom. The highest BCUT2D eigenvalue weighted by atomic mass is 32.2. The van der Waals surface area contributed by atoms with E-state index in [1.165, 1.54) is 0 Å². The van der Waals surface area contributed by atoms with Crippen LogP contribution in [0.5, 0.6) is 0 Å². The van der Waals surface area contributed by atoms with Gasteiger partial charge in [0, 0.05) is 12.2 Å². The maximum Gasteiger partial charge on any atom is 0.272 e. The van der Waals surface area contributed by atoms with Gasteiger partial charge in [-0.05, 0) is 42.9 Å². The van der Waals surface area contributed by atoms with Crippen molar-refractivity contribution in [3.05, 3.63) is 45.4 Å². The zero-order chi connectivity index (χ0) is 15.0. The van der Waals surface area contributed by atoms with E-state index in [0.717, 1.165) is 50.5 Å². The molecule has 2 heterocycles. The second kappa shape index (κ2) is 5.89. The summed E-state index contributed by atoms with van der Waals surface area (Å²) in [6.07, 6.45) is 0.903. The predicted molar refractivity (Wildman–Crippen MR) is 90.1 cm³/mol. The second-order valence-corrected chi connectivity index (χ2v) is 7.52. The topological polar surface area (TPSA) is 34.9 Å². The first-order valence-electron chi connectivity index (χ1n) is 7.10. The lowest BCUT2D eigenvalue weighted by Gasteiger charge is -2.14. The smallest absolute Gasteiger partial charge is 0.268 e. The van der Waals surface area contributed by atoms with E-state index in [9.17, 15) is 4.79 Å². The van der Waals surface area contributed by atoms with Crippen LogP contribution in [0.3, 0.4) is 0 Å². The fourth-order valence-corrected chi connectivity index (χ4v) is 4.40. The number of rotatable bonds is 3. The van der Waals surface area contributed by atoms with Crippen molar-refractivity contribution in [1.82, 2.24) is 9.55 Å². The zero-order valence-corrected chi connectivity index (χ0v) is 14.1. The molecule has 5 heteroatoms. The molecule has 0 unspecified atom stereocenters. The summed E-state index contributed by atoms with van der Waals surface area (Å²) in [7, 11) is 0. The van der Waals surface area contributed by atoms with Crippen LogP contribution in [0.25, 0.3) is 5.69 Å². The third-order valence-electron chi connectivity index (χ3n) is 3.40. The van der Waals surface area contributed by atoms with Crippen LogP contribution in [0.2, 0.25) is 0 Å². The minimum absolute atomic E-state index is 0.0865. The molecule has 1 aromatic heterocycles. The maximum absolute atomic E-state index is 12.9. The number of benzene rings is 1. The Labute approximate surface area is 133 Å². The molecule has 110 valence electrons. The van der Waals surface area contributed by atoms with Gasteiger partial charge >= 0.3 is 0 Å². The van der Waals surface area contributed by atoms with Crippen LogP contribution < -0.4 is 5.56 Å². The minimum atomic E-state index is 0.0865. The molecule has 3 rings (SSSR count). The minimum Gasteiger partial charge on any atom is -0.268 e. The van der Waals surface area contributed by atoms with Crippen LogP contribution in [-0.4, -0.2) is 21.1 Å². The summed E-state index contributed by atoms with van der Waals surface area (Å²) in [5, 5.41) is 0.814. The quantitative estimate of drug-likeness (QED) is 0.640. The fraction of sp³-hybridized carbons (Fsp3) is 0.375. The van der Waals surface area contributed by atoms with E-state index < -0.39 is 0 Å². The monoisotopic (exact) mass is 318 g/mol. The molecule has 0 spiro atoms.